The molecule has 116 valence electrons. The van der Waals surface area contributed by atoms with Crippen LogP contribution in [0, 0.1) is 5.82 Å². The monoisotopic (exact) mass is 311 g/mol. The van der Waals surface area contributed by atoms with Gasteiger partial charge < -0.3 is 9.15 Å². The zero-order valence-corrected chi connectivity index (χ0v) is 12.2. The summed E-state index contributed by atoms with van der Waals surface area (Å²) in [5.74, 6) is -0.362. The summed E-state index contributed by atoms with van der Waals surface area (Å²) in [6, 6.07) is 14.6. The lowest BCUT2D eigenvalue weighted by atomic mass is 10.1. The lowest BCUT2D eigenvalue weighted by molar-refractivity contribution is -0.147. The van der Waals surface area contributed by atoms with Gasteiger partial charge in [0.05, 0.1) is 12.0 Å². The van der Waals surface area contributed by atoms with Crippen molar-refractivity contribution in [3.05, 3.63) is 89.9 Å². The van der Waals surface area contributed by atoms with Gasteiger partial charge in [0.1, 0.15) is 18.0 Å². The number of esters is 1. The maximum Gasteiger partial charge on any atom is 0.314 e. The molecule has 0 bridgehead atoms. The molecule has 0 saturated heterocycles. The van der Waals surface area contributed by atoms with Crippen LogP contribution in [0.5, 0.6) is 0 Å². The van der Waals surface area contributed by atoms with Crippen LogP contribution in [0.2, 0.25) is 0 Å². The van der Waals surface area contributed by atoms with Crippen molar-refractivity contribution < 1.29 is 18.3 Å². The van der Waals surface area contributed by atoms with E-state index in [1.54, 1.807) is 48.7 Å². The fourth-order valence-electron chi connectivity index (χ4n) is 2.23. The molecule has 0 N–H and O–H groups in total. The van der Waals surface area contributed by atoms with Gasteiger partial charge in [-0.2, -0.15) is 0 Å². The van der Waals surface area contributed by atoms with Crippen LogP contribution in [0.25, 0.3) is 0 Å². The van der Waals surface area contributed by atoms with Gasteiger partial charge in [-0.25, -0.2) is 4.39 Å². The van der Waals surface area contributed by atoms with Crippen LogP contribution in [0.4, 0.5) is 4.39 Å². The van der Waals surface area contributed by atoms with Crippen molar-refractivity contribution >= 4 is 5.97 Å². The van der Waals surface area contributed by atoms with E-state index in [0.717, 1.165) is 0 Å². The number of carbonyl (C=O) groups excluding carboxylic acids is 1. The minimum absolute atomic E-state index is 0.00560. The molecule has 2 aromatic heterocycles. The zero-order valence-electron chi connectivity index (χ0n) is 12.2. The molecule has 3 aromatic rings. The largest absolute Gasteiger partial charge is 0.469 e. The normalized spacial score (nSPS) is 11.9. The highest BCUT2D eigenvalue weighted by atomic mass is 19.1. The average molecular weight is 311 g/mol. The third-order valence-electron chi connectivity index (χ3n) is 3.26. The highest BCUT2D eigenvalue weighted by Crippen LogP contribution is 2.25. The highest BCUT2D eigenvalue weighted by molar-refractivity contribution is 5.72. The van der Waals surface area contributed by atoms with E-state index in [4.69, 9.17) is 9.15 Å². The average Bonchev–Trinajstić information content (AvgIpc) is 3.06. The van der Waals surface area contributed by atoms with E-state index in [1.807, 2.05) is 0 Å². The molecule has 0 amide bonds. The molecule has 4 nitrogen and oxygen atoms in total. The van der Waals surface area contributed by atoms with Crippen molar-refractivity contribution in [1.29, 1.82) is 0 Å². The first-order valence-corrected chi connectivity index (χ1v) is 7.10. The topological polar surface area (TPSA) is 52.3 Å². The number of nitrogens with zero attached hydrogens (tertiary/aromatic N) is 1. The van der Waals surface area contributed by atoms with Crippen molar-refractivity contribution in [2.24, 2.45) is 0 Å². The summed E-state index contributed by atoms with van der Waals surface area (Å²) in [7, 11) is 0. The molecule has 1 atom stereocenters. The second-order valence-electron chi connectivity index (χ2n) is 4.94. The molecule has 0 aliphatic heterocycles. The minimum atomic E-state index is -0.769. The predicted molar refractivity (Wildman–Crippen MR) is 81.0 cm³/mol. The lowest BCUT2D eigenvalue weighted by Crippen LogP contribution is -2.15. The molecule has 0 aliphatic carbocycles. The third-order valence-corrected chi connectivity index (χ3v) is 3.26. The second-order valence-corrected chi connectivity index (χ2v) is 4.94. The number of furan rings is 1. The van der Waals surface area contributed by atoms with E-state index in [1.165, 1.54) is 18.4 Å². The lowest BCUT2D eigenvalue weighted by Gasteiger charge is -2.17. The molecule has 0 radical (unpaired) electrons. The van der Waals surface area contributed by atoms with Gasteiger partial charge in [-0.3, -0.25) is 9.78 Å². The van der Waals surface area contributed by atoms with E-state index in [9.17, 15) is 9.18 Å². The van der Waals surface area contributed by atoms with E-state index in [0.29, 0.717) is 17.0 Å². The molecule has 0 saturated carbocycles. The zero-order chi connectivity index (χ0) is 16.1. The summed E-state index contributed by atoms with van der Waals surface area (Å²) in [5, 5.41) is 0. The fraction of sp³-hybridized carbons (Fsp3) is 0.111. The van der Waals surface area contributed by atoms with Gasteiger partial charge in [0.15, 0.2) is 6.10 Å². The van der Waals surface area contributed by atoms with Crippen LogP contribution in [-0.2, 0) is 16.0 Å². The summed E-state index contributed by atoms with van der Waals surface area (Å²) in [6.07, 6.45) is 2.33. The number of rotatable bonds is 5. The van der Waals surface area contributed by atoms with Crippen molar-refractivity contribution in [3.8, 4) is 0 Å². The molecule has 0 fully saturated rings. The van der Waals surface area contributed by atoms with Crippen LogP contribution < -0.4 is 0 Å². The number of aromatic nitrogens is 1. The van der Waals surface area contributed by atoms with Crippen molar-refractivity contribution in [2.45, 2.75) is 12.5 Å². The number of benzene rings is 1. The van der Waals surface area contributed by atoms with Crippen LogP contribution in [-0.4, -0.2) is 11.0 Å². The second kappa shape index (κ2) is 6.87. The standard InChI is InChI=1S/C18H14FNO3/c19-14-6-3-5-13(11-14)18(16-8-1-2-9-20-16)23-17(21)12-15-7-4-10-22-15/h1-11,18H,12H2/t18-/m0/s1. The molecule has 23 heavy (non-hydrogen) atoms. The van der Waals surface area contributed by atoms with E-state index < -0.39 is 17.9 Å². The Hall–Kier alpha value is -2.95. The smallest absolute Gasteiger partial charge is 0.314 e. The molecular formula is C18H14FNO3. The molecule has 0 unspecified atom stereocenters. The third kappa shape index (κ3) is 3.83. The highest BCUT2D eigenvalue weighted by Gasteiger charge is 2.21. The molecule has 0 spiro atoms. The van der Waals surface area contributed by atoms with E-state index in [2.05, 4.69) is 4.98 Å². The first kappa shape index (κ1) is 15.0. The van der Waals surface area contributed by atoms with E-state index >= 15 is 0 Å². The Labute approximate surface area is 132 Å². The van der Waals surface area contributed by atoms with Gasteiger partial charge in [0, 0.05) is 11.8 Å². The fourth-order valence-corrected chi connectivity index (χ4v) is 2.23. The number of hydrogen-bond donors (Lipinski definition) is 0. The summed E-state index contributed by atoms with van der Waals surface area (Å²) in [6.45, 7) is 0. The van der Waals surface area contributed by atoms with Gasteiger partial charge in [0.25, 0.3) is 0 Å². The molecule has 5 heteroatoms. The number of ether oxygens (including phenoxy) is 1. The quantitative estimate of drug-likeness (QED) is 0.674. The molecular weight excluding hydrogens is 297 g/mol. The summed E-state index contributed by atoms with van der Waals surface area (Å²) >= 11 is 0. The molecule has 1 aromatic carbocycles. The molecule has 2 heterocycles. The maximum absolute atomic E-state index is 13.5. The Morgan fingerprint density at radius 2 is 2.09 bits per heavy atom. The van der Waals surface area contributed by atoms with Gasteiger partial charge in [0.2, 0.25) is 0 Å². The van der Waals surface area contributed by atoms with Crippen LogP contribution in [0.1, 0.15) is 23.1 Å². The van der Waals surface area contributed by atoms with Crippen LogP contribution in [0.15, 0.2) is 71.5 Å². The van der Waals surface area contributed by atoms with Crippen molar-refractivity contribution in [2.75, 3.05) is 0 Å². The maximum atomic E-state index is 13.5. The number of halogens is 1. The Bertz CT molecular complexity index is 772. The number of pyridine rings is 1. The first-order chi connectivity index (χ1) is 11.2. The SMILES string of the molecule is O=C(Cc1ccco1)O[C@@H](c1cccc(F)c1)c1ccccn1. The first-order valence-electron chi connectivity index (χ1n) is 7.10. The molecule has 0 aliphatic rings. The predicted octanol–water partition coefficient (Wildman–Crippen LogP) is 3.69. The molecule has 3 rings (SSSR count). The summed E-state index contributed by atoms with van der Waals surface area (Å²) in [4.78, 5) is 16.4. The number of hydrogen-bond acceptors (Lipinski definition) is 4. The Morgan fingerprint density at radius 1 is 1.17 bits per heavy atom. The van der Waals surface area contributed by atoms with E-state index in [-0.39, 0.29) is 6.42 Å². The Morgan fingerprint density at radius 3 is 2.78 bits per heavy atom. The summed E-state index contributed by atoms with van der Waals surface area (Å²) < 4.78 is 24.2. The minimum Gasteiger partial charge on any atom is -0.469 e. The number of carbonyl (C=O) groups is 1. The van der Waals surface area contributed by atoms with Crippen LogP contribution in [0.3, 0.4) is 0 Å². The Balaban J connectivity index is 1.85. The van der Waals surface area contributed by atoms with Gasteiger partial charge >= 0.3 is 5.97 Å². The van der Waals surface area contributed by atoms with Gasteiger partial charge in [-0.05, 0) is 36.4 Å². The van der Waals surface area contributed by atoms with Crippen LogP contribution >= 0.6 is 0 Å². The Kier molecular flexibility index (Phi) is 4.47. The summed E-state index contributed by atoms with van der Waals surface area (Å²) in [5.41, 5.74) is 1.06. The van der Waals surface area contributed by atoms with Crippen molar-refractivity contribution in [1.82, 2.24) is 4.98 Å². The van der Waals surface area contributed by atoms with Crippen molar-refractivity contribution in [3.63, 3.8) is 0 Å². The van der Waals surface area contributed by atoms with Gasteiger partial charge in [-0.1, -0.05) is 18.2 Å². The van der Waals surface area contributed by atoms with Gasteiger partial charge in [-0.15, -0.1) is 0 Å².